The third-order valence-corrected chi connectivity index (χ3v) is 1.27. The van der Waals surface area contributed by atoms with Crippen LogP contribution in [0.25, 0.3) is 0 Å². The maximum Gasteiger partial charge on any atom is 0.307 e. The summed E-state index contributed by atoms with van der Waals surface area (Å²) < 4.78 is 4.37. The third kappa shape index (κ3) is 4.68. The number of methoxy groups -OCH3 is 1. The predicted molar refractivity (Wildman–Crippen MR) is 43.3 cm³/mol. The van der Waals surface area contributed by atoms with Crippen LogP contribution in [0.15, 0.2) is 0 Å². The lowest BCUT2D eigenvalue weighted by Crippen LogP contribution is -2.39. The van der Waals surface area contributed by atoms with Gasteiger partial charge in [-0.1, -0.05) is 0 Å². The number of ether oxygens (including phenoxy) is 1. The molecule has 1 amide bonds. The van der Waals surface area contributed by atoms with Crippen LogP contribution in [0.1, 0.15) is 13.3 Å². The van der Waals surface area contributed by atoms with Crippen molar-refractivity contribution in [1.29, 1.82) is 0 Å². The highest BCUT2D eigenvalue weighted by molar-refractivity contribution is 5.81. The molecule has 0 aromatic rings. The summed E-state index contributed by atoms with van der Waals surface area (Å²) >= 11 is 0. The number of amides is 1. The van der Waals surface area contributed by atoms with Crippen molar-refractivity contribution < 1.29 is 14.3 Å². The molecule has 0 unspecified atom stereocenters. The van der Waals surface area contributed by atoms with E-state index in [-0.39, 0.29) is 24.8 Å². The van der Waals surface area contributed by atoms with Crippen LogP contribution < -0.4 is 11.1 Å². The summed E-state index contributed by atoms with van der Waals surface area (Å²) in [6, 6.07) is -0.539. The fourth-order valence-corrected chi connectivity index (χ4v) is 0.551. The molecule has 0 saturated carbocycles. The number of carbonyl (C=O) groups is 2. The molecule has 0 fully saturated rings. The molecule has 5 nitrogen and oxygen atoms in total. The van der Waals surface area contributed by atoms with Gasteiger partial charge in [0.1, 0.15) is 0 Å². The number of esters is 1. The van der Waals surface area contributed by atoms with Gasteiger partial charge in [-0.25, -0.2) is 0 Å². The first-order valence-corrected chi connectivity index (χ1v) is 3.68. The van der Waals surface area contributed by atoms with Crippen LogP contribution in [0.4, 0.5) is 0 Å². The zero-order chi connectivity index (χ0) is 9.56. The van der Waals surface area contributed by atoms with Crippen LogP contribution in [-0.2, 0) is 14.3 Å². The van der Waals surface area contributed by atoms with Crippen LogP contribution in [0, 0.1) is 0 Å². The number of hydrogen-bond acceptors (Lipinski definition) is 4. The summed E-state index contributed by atoms with van der Waals surface area (Å²) in [6.07, 6.45) is 0.176. The standard InChI is InChI=1S/C7H14N2O3/c1-5(8)7(11)9-4-3-6(10)12-2/h5H,3-4,8H2,1-2H3,(H,9,11)/t5-/m0/s1. The minimum Gasteiger partial charge on any atom is -0.469 e. The van der Waals surface area contributed by atoms with E-state index in [0.29, 0.717) is 0 Å². The van der Waals surface area contributed by atoms with Gasteiger partial charge in [0.05, 0.1) is 19.6 Å². The lowest BCUT2D eigenvalue weighted by Gasteiger charge is -2.05. The molecular weight excluding hydrogens is 160 g/mol. The van der Waals surface area contributed by atoms with Gasteiger partial charge in [0.25, 0.3) is 0 Å². The average Bonchev–Trinajstić information content (AvgIpc) is 2.03. The van der Waals surface area contributed by atoms with Gasteiger partial charge in [0, 0.05) is 6.54 Å². The molecule has 0 bridgehead atoms. The predicted octanol–water partition coefficient (Wildman–Crippen LogP) is -0.987. The first kappa shape index (κ1) is 10.9. The highest BCUT2D eigenvalue weighted by atomic mass is 16.5. The van der Waals surface area contributed by atoms with Gasteiger partial charge in [-0.05, 0) is 6.92 Å². The van der Waals surface area contributed by atoms with Crippen molar-refractivity contribution in [2.45, 2.75) is 19.4 Å². The second kappa shape index (κ2) is 5.54. The van der Waals surface area contributed by atoms with E-state index in [0.717, 1.165) is 0 Å². The molecule has 1 atom stereocenters. The molecule has 5 heteroatoms. The monoisotopic (exact) mass is 174 g/mol. The van der Waals surface area contributed by atoms with E-state index < -0.39 is 6.04 Å². The average molecular weight is 174 g/mol. The third-order valence-electron chi connectivity index (χ3n) is 1.27. The number of hydrogen-bond donors (Lipinski definition) is 2. The summed E-state index contributed by atoms with van der Waals surface area (Å²) in [5, 5.41) is 2.48. The van der Waals surface area contributed by atoms with Crippen molar-refractivity contribution in [3.8, 4) is 0 Å². The van der Waals surface area contributed by atoms with Crippen molar-refractivity contribution in [3.05, 3.63) is 0 Å². The van der Waals surface area contributed by atoms with Crippen molar-refractivity contribution >= 4 is 11.9 Å². The minimum absolute atomic E-state index is 0.176. The van der Waals surface area contributed by atoms with Crippen LogP contribution in [0.3, 0.4) is 0 Å². The molecule has 0 heterocycles. The molecule has 0 aliphatic heterocycles. The first-order valence-electron chi connectivity index (χ1n) is 3.68. The van der Waals surface area contributed by atoms with Gasteiger partial charge < -0.3 is 15.8 Å². The molecule has 0 aromatic heterocycles. The summed E-state index contributed by atoms with van der Waals surface area (Å²) in [5.74, 6) is -0.612. The quantitative estimate of drug-likeness (QED) is 0.536. The van der Waals surface area contributed by atoms with Crippen molar-refractivity contribution in [1.82, 2.24) is 5.32 Å². The van der Waals surface area contributed by atoms with Crippen LogP contribution in [-0.4, -0.2) is 31.6 Å². The van der Waals surface area contributed by atoms with Gasteiger partial charge in [-0.2, -0.15) is 0 Å². The largest absolute Gasteiger partial charge is 0.469 e. The van der Waals surface area contributed by atoms with E-state index in [1.807, 2.05) is 0 Å². The highest BCUT2D eigenvalue weighted by Crippen LogP contribution is 1.82. The lowest BCUT2D eigenvalue weighted by molar-refractivity contribution is -0.140. The van der Waals surface area contributed by atoms with E-state index in [2.05, 4.69) is 10.1 Å². The molecular formula is C7H14N2O3. The zero-order valence-corrected chi connectivity index (χ0v) is 7.29. The molecule has 0 saturated heterocycles. The van der Waals surface area contributed by atoms with Gasteiger partial charge in [0.15, 0.2) is 0 Å². The summed E-state index contributed by atoms with van der Waals surface area (Å²) in [7, 11) is 1.30. The topological polar surface area (TPSA) is 81.4 Å². The number of nitrogens with one attached hydrogen (secondary N) is 1. The number of rotatable bonds is 4. The Balaban J connectivity index is 3.44. The summed E-state index contributed by atoms with van der Waals surface area (Å²) in [5.41, 5.74) is 5.26. The molecule has 0 radical (unpaired) electrons. The van der Waals surface area contributed by atoms with E-state index in [9.17, 15) is 9.59 Å². The second-order valence-corrected chi connectivity index (χ2v) is 2.41. The van der Waals surface area contributed by atoms with Crippen LogP contribution >= 0.6 is 0 Å². The maximum absolute atomic E-state index is 10.8. The molecule has 3 N–H and O–H groups in total. The van der Waals surface area contributed by atoms with Gasteiger partial charge in [-0.3, -0.25) is 9.59 Å². The second-order valence-electron chi connectivity index (χ2n) is 2.41. The molecule has 0 aromatic carbocycles. The fourth-order valence-electron chi connectivity index (χ4n) is 0.551. The smallest absolute Gasteiger partial charge is 0.307 e. The van der Waals surface area contributed by atoms with Crippen molar-refractivity contribution in [2.24, 2.45) is 5.73 Å². The molecule has 0 rings (SSSR count). The fraction of sp³-hybridized carbons (Fsp3) is 0.714. The molecule has 0 spiro atoms. The van der Waals surface area contributed by atoms with E-state index in [4.69, 9.17) is 5.73 Å². The number of carbonyl (C=O) groups excluding carboxylic acids is 2. The van der Waals surface area contributed by atoms with E-state index in [1.165, 1.54) is 7.11 Å². The Bertz CT molecular complexity index is 168. The van der Waals surface area contributed by atoms with E-state index in [1.54, 1.807) is 6.92 Å². The van der Waals surface area contributed by atoms with E-state index >= 15 is 0 Å². The Kier molecular flexibility index (Phi) is 5.03. The van der Waals surface area contributed by atoms with Crippen molar-refractivity contribution in [2.75, 3.05) is 13.7 Å². The Morgan fingerprint density at radius 2 is 2.17 bits per heavy atom. The van der Waals surface area contributed by atoms with Gasteiger partial charge in [-0.15, -0.1) is 0 Å². The molecule has 12 heavy (non-hydrogen) atoms. The van der Waals surface area contributed by atoms with Gasteiger partial charge in [0.2, 0.25) is 5.91 Å². The summed E-state index contributed by atoms with van der Waals surface area (Å²) in [4.78, 5) is 21.4. The van der Waals surface area contributed by atoms with Crippen LogP contribution in [0.5, 0.6) is 0 Å². The molecule has 0 aliphatic carbocycles. The maximum atomic E-state index is 10.8. The number of nitrogens with two attached hydrogens (primary N) is 1. The Hall–Kier alpha value is -1.10. The normalized spacial score (nSPS) is 11.9. The Morgan fingerprint density at radius 1 is 1.58 bits per heavy atom. The summed E-state index contributed by atoms with van der Waals surface area (Å²) in [6.45, 7) is 1.85. The highest BCUT2D eigenvalue weighted by Gasteiger charge is 2.06. The Labute approximate surface area is 71.3 Å². The Morgan fingerprint density at radius 3 is 2.58 bits per heavy atom. The lowest BCUT2D eigenvalue weighted by atomic mass is 10.3. The molecule has 0 aliphatic rings. The minimum atomic E-state index is -0.539. The van der Waals surface area contributed by atoms with Crippen molar-refractivity contribution in [3.63, 3.8) is 0 Å². The first-order chi connectivity index (χ1) is 5.57. The van der Waals surface area contributed by atoms with Gasteiger partial charge >= 0.3 is 5.97 Å². The zero-order valence-electron chi connectivity index (χ0n) is 7.29. The van der Waals surface area contributed by atoms with Crippen LogP contribution in [0.2, 0.25) is 0 Å². The SMILES string of the molecule is COC(=O)CCNC(=O)[C@H](C)N. The molecule has 70 valence electrons.